The van der Waals surface area contributed by atoms with Crippen LogP contribution in [-0.4, -0.2) is 176 Å². The molecule has 0 radical (unpaired) electrons. The van der Waals surface area contributed by atoms with E-state index in [0.717, 1.165) is 58.0 Å². The lowest BCUT2D eigenvalue weighted by molar-refractivity contribution is -0.369. The summed E-state index contributed by atoms with van der Waals surface area (Å²) in [4.78, 5) is 0. The highest BCUT2D eigenvalue weighted by Gasteiger charge is 2.69. The summed E-state index contributed by atoms with van der Waals surface area (Å²) in [5.74, 6) is 3.28. The summed E-state index contributed by atoms with van der Waals surface area (Å²) in [6.07, 6.45) is -11.2. The van der Waals surface area contributed by atoms with Gasteiger partial charge in [-0.25, -0.2) is 0 Å². The average Bonchev–Trinajstić information content (AvgIpc) is 3.69. The van der Waals surface area contributed by atoms with Crippen molar-refractivity contribution < 1.29 is 83.9 Å². The van der Waals surface area contributed by atoms with Crippen molar-refractivity contribution in [3.05, 3.63) is 0 Å². The number of fused-ring (bicyclic) bond motifs is 7. The molecule has 4 aliphatic carbocycles. The Morgan fingerprint density at radius 3 is 2.08 bits per heavy atom. The molecule has 61 heavy (non-hydrogen) atoms. The number of hydrogen-bond donors (Lipinski definition) is 9. The summed E-state index contributed by atoms with van der Waals surface area (Å²) in [7, 11) is 0. The second kappa shape index (κ2) is 17.2. The van der Waals surface area contributed by atoms with Crippen molar-refractivity contribution in [3.8, 4) is 0 Å². The van der Waals surface area contributed by atoms with Crippen molar-refractivity contribution in [2.24, 2.45) is 52.3 Å². The SMILES string of the molecule is C[C@H]1CC[C@@]2(OC1)O[C@H]1C[C@H]3[C@@H]4CC[C@@H]5C[C@@H](O[C@@H]6O[C@H](CO[C@@H]7OC[C@H](O)[C@H](O)[C@H]7O)[C@@H](O[C@@H]7O[C@H](CO)[C@H](O)[C@H](O)[C@H]7O)[C@H](O)[C@H]6O)CC[C@]5(C)[C@H]4CC[C@]3(C)[C@H]1[C@@H]2C. The molecule has 0 unspecified atom stereocenters. The predicted octanol–water partition coefficient (Wildman–Crippen LogP) is -0.0945. The molecule has 0 aromatic heterocycles. The van der Waals surface area contributed by atoms with Gasteiger partial charge in [0.2, 0.25) is 0 Å². The number of aliphatic hydroxyl groups is 9. The first-order valence-electron chi connectivity index (χ1n) is 23.2. The second-order valence-electron chi connectivity index (χ2n) is 21.1. The van der Waals surface area contributed by atoms with E-state index in [1.165, 1.54) is 12.8 Å². The molecule has 9 rings (SSSR count). The highest BCUT2D eigenvalue weighted by Crippen LogP contribution is 2.71. The molecule has 5 saturated heterocycles. The molecular weight excluding hydrogens is 800 g/mol. The molecule has 26 atom stereocenters. The Hall–Kier alpha value is -0.680. The summed E-state index contributed by atoms with van der Waals surface area (Å²) < 4.78 is 49.0. The molecule has 350 valence electrons. The third-order valence-electron chi connectivity index (χ3n) is 17.9. The van der Waals surface area contributed by atoms with Crippen molar-refractivity contribution >= 4 is 0 Å². The van der Waals surface area contributed by atoms with E-state index in [1.807, 2.05) is 0 Å². The summed E-state index contributed by atoms with van der Waals surface area (Å²) >= 11 is 0. The first-order valence-corrected chi connectivity index (χ1v) is 23.2. The van der Waals surface area contributed by atoms with E-state index in [0.29, 0.717) is 41.4 Å². The fourth-order valence-electron chi connectivity index (χ4n) is 14.3. The maximum atomic E-state index is 11.6. The van der Waals surface area contributed by atoms with Gasteiger partial charge in [0.1, 0.15) is 67.1 Å². The van der Waals surface area contributed by atoms with Crippen LogP contribution < -0.4 is 0 Å². The van der Waals surface area contributed by atoms with Crippen LogP contribution in [0.15, 0.2) is 0 Å². The number of hydrogen-bond acceptors (Lipinski definition) is 17. The lowest BCUT2D eigenvalue weighted by Crippen LogP contribution is -2.65. The van der Waals surface area contributed by atoms with Crippen LogP contribution in [0, 0.1) is 52.3 Å². The zero-order valence-electron chi connectivity index (χ0n) is 36.0. The highest BCUT2D eigenvalue weighted by atomic mass is 16.8. The first kappa shape index (κ1) is 45.5. The van der Waals surface area contributed by atoms with Crippen LogP contribution >= 0.6 is 0 Å². The van der Waals surface area contributed by atoms with Crippen LogP contribution in [0.3, 0.4) is 0 Å². The van der Waals surface area contributed by atoms with Crippen molar-refractivity contribution in [1.82, 2.24) is 0 Å². The smallest absolute Gasteiger partial charge is 0.187 e. The van der Waals surface area contributed by atoms with Gasteiger partial charge in [-0.1, -0.05) is 27.7 Å². The summed E-state index contributed by atoms with van der Waals surface area (Å²) in [6, 6.07) is 0. The molecule has 5 heterocycles. The van der Waals surface area contributed by atoms with Crippen LogP contribution in [0.25, 0.3) is 0 Å². The second-order valence-corrected chi connectivity index (χ2v) is 21.1. The minimum absolute atomic E-state index is 0.128. The molecule has 1 spiro atoms. The number of ether oxygens (including phenoxy) is 8. The Balaban J connectivity index is 0.862. The van der Waals surface area contributed by atoms with E-state index < -0.39 is 105 Å². The van der Waals surface area contributed by atoms with Gasteiger partial charge >= 0.3 is 0 Å². The largest absolute Gasteiger partial charge is 0.394 e. The zero-order chi connectivity index (χ0) is 43.3. The lowest BCUT2D eigenvalue weighted by atomic mass is 9.44. The van der Waals surface area contributed by atoms with Gasteiger partial charge in [-0.3, -0.25) is 0 Å². The van der Waals surface area contributed by atoms with Gasteiger partial charge in [0.25, 0.3) is 0 Å². The molecule has 9 N–H and O–H groups in total. The van der Waals surface area contributed by atoms with Crippen LogP contribution in [0.1, 0.15) is 91.9 Å². The quantitative estimate of drug-likeness (QED) is 0.145. The molecule has 0 amide bonds. The highest BCUT2D eigenvalue weighted by molar-refractivity contribution is 5.15. The molecule has 9 fully saturated rings. The monoisotopic (exact) mass is 872 g/mol. The standard InChI is InChI=1S/C44H72O17/c1-19-7-12-44(56-16-19)20(2)30-27(61-44)14-25-23-6-5-21-13-22(8-10-42(21,3)24(23)9-11-43(25,30)4)57-40-37(53)34(50)38(60-41-36(52)33(49)32(48)28(15-45)58-41)29(59-40)18-55-39-35(51)31(47)26(46)17-54-39/h19-41,45-53H,5-18H2,1-4H3/t19-,20-,21+,22-,23+,24-,25-,26-,27-,28+,29+,30-,31-,32-,33-,34+,35+,36+,37+,38+,39-,40+,41-,42-,43-,44+/m0/s1. The molecule has 0 bridgehead atoms. The maximum Gasteiger partial charge on any atom is 0.187 e. The Morgan fingerprint density at radius 1 is 0.639 bits per heavy atom. The van der Waals surface area contributed by atoms with Gasteiger partial charge in [-0.2, -0.15) is 0 Å². The summed E-state index contributed by atoms with van der Waals surface area (Å²) in [6.45, 7) is 9.00. The molecule has 0 aromatic carbocycles. The predicted molar refractivity (Wildman–Crippen MR) is 210 cm³/mol. The first-order chi connectivity index (χ1) is 29.0. The third-order valence-corrected chi connectivity index (χ3v) is 17.9. The van der Waals surface area contributed by atoms with E-state index in [9.17, 15) is 46.0 Å². The van der Waals surface area contributed by atoms with Crippen LogP contribution in [0.4, 0.5) is 0 Å². The van der Waals surface area contributed by atoms with Crippen molar-refractivity contribution in [3.63, 3.8) is 0 Å². The van der Waals surface area contributed by atoms with Crippen molar-refractivity contribution in [2.45, 2.75) is 196 Å². The fraction of sp³-hybridized carbons (Fsp3) is 1.00. The minimum atomic E-state index is -1.81. The van der Waals surface area contributed by atoms with Crippen LogP contribution in [0.5, 0.6) is 0 Å². The van der Waals surface area contributed by atoms with E-state index in [1.54, 1.807) is 0 Å². The van der Waals surface area contributed by atoms with E-state index in [2.05, 4.69) is 27.7 Å². The fourth-order valence-corrected chi connectivity index (χ4v) is 14.3. The molecular formula is C44H72O17. The Kier molecular flexibility index (Phi) is 12.8. The Morgan fingerprint density at radius 2 is 1.34 bits per heavy atom. The van der Waals surface area contributed by atoms with Gasteiger partial charge in [-0.05, 0) is 104 Å². The van der Waals surface area contributed by atoms with Crippen molar-refractivity contribution in [1.29, 1.82) is 0 Å². The van der Waals surface area contributed by atoms with Gasteiger partial charge < -0.3 is 83.9 Å². The Labute approximate surface area is 357 Å². The van der Waals surface area contributed by atoms with Gasteiger partial charge in [0.05, 0.1) is 38.6 Å². The van der Waals surface area contributed by atoms with Crippen LogP contribution in [-0.2, 0) is 37.9 Å². The third kappa shape index (κ3) is 7.68. The van der Waals surface area contributed by atoms with E-state index in [4.69, 9.17) is 37.9 Å². The van der Waals surface area contributed by atoms with E-state index in [-0.39, 0.29) is 29.6 Å². The normalized spacial score (nSPS) is 58.5. The molecule has 5 aliphatic heterocycles. The topological polar surface area (TPSA) is 256 Å². The molecule has 9 aliphatic rings. The molecule has 17 heteroatoms. The zero-order valence-corrected chi connectivity index (χ0v) is 36.0. The summed E-state index contributed by atoms with van der Waals surface area (Å²) in [5, 5.41) is 94.9. The van der Waals surface area contributed by atoms with Gasteiger partial charge in [0, 0.05) is 12.3 Å². The average molecular weight is 873 g/mol. The van der Waals surface area contributed by atoms with E-state index >= 15 is 0 Å². The number of aliphatic hydroxyl groups excluding tert-OH is 9. The van der Waals surface area contributed by atoms with Crippen molar-refractivity contribution in [2.75, 3.05) is 26.4 Å². The molecule has 17 nitrogen and oxygen atoms in total. The lowest BCUT2D eigenvalue weighted by Gasteiger charge is -2.61. The molecule has 0 aromatic rings. The van der Waals surface area contributed by atoms with Gasteiger partial charge in [0.15, 0.2) is 24.7 Å². The van der Waals surface area contributed by atoms with Crippen LogP contribution in [0.2, 0.25) is 0 Å². The maximum absolute atomic E-state index is 11.6. The van der Waals surface area contributed by atoms with Gasteiger partial charge in [-0.15, -0.1) is 0 Å². The number of rotatable bonds is 8. The molecule has 4 saturated carbocycles. The summed E-state index contributed by atoms with van der Waals surface area (Å²) in [5.41, 5.74) is 0.357. The Bertz CT molecular complexity index is 1520. The minimum Gasteiger partial charge on any atom is -0.394 e.